The summed E-state index contributed by atoms with van der Waals surface area (Å²) in [6.07, 6.45) is 0. The van der Waals surface area contributed by atoms with Crippen LogP contribution in [0.4, 0.5) is 5.69 Å². The number of nitrogen functional groups attached to an aromatic ring is 1. The van der Waals surface area contributed by atoms with Gasteiger partial charge < -0.3 is 10.5 Å². The van der Waals surface area contributed by atoms with Crippen molar-refractivity contribution < 1.29 is 4.74 Å². The zero-order valence-corrected chi connectivity index (χ0v) is 11.1. The monoisotopic (exact) mass is 287 g/mol. The van der Waals surface area contributed by atoms with Crippen LogP contribution in [0.1, 0.15) is 0 Å². The van der Waals surface area contributed by atoms with Crippen molar-refractivity contribution >= 4 is 28.9 Å². The highest BCUT2D eigenvalue weighted by atomic mass is 35.5. The molecule has 2 aromatic rings. The van der Waals surface area contributed by atoms with Gasteiger partial charge in [-0.15, -0.1) is 5.10 Å². The van der Waals surface area contributed by atoms with Crippen molar-refractivity contribution in [2.24, 2.45) is 0 Å². The number of aromatic nitrogens is 4. The normalized spacial score (nSPS) is 10.8. The Hall–Kier alpha value is -1.37. The molecule has 0 aliphatic rings. The van der Waals surface area contributed by atoms with E-state index in [1.54, 1.807) is 23.9 Å². The van der Waals surface area contributed by atoms with Crippen LogP contribution in [0.3, 0.4) is 0 Å². The summed E-state index contributed by atoms with van der Waals surface area (Å²) in [4.78, 5) is 0. The first kappa shape index (κ1) is 13.1. The molecule has 2 N–H and O–H groups in total. The van der Waals surface area contributed by atoms with Gasteiger partial charge in [0.1, 0.15) is 0 Å². The standard InChI is InChI=1S/C10H11Cl2N5O/c1-18-3-2-17-10(14-15-16-17)7-4-6(13)5-8(11)9(7)12/h4-5H,2-3,13H2,1H3. The molecule has 0 fully saturated rings. The SMILES string of the molecule is COCCn1nnnc1-c1cc(N)cc(Cl)c1Cl. The molecule has 0 saturated carbocycles. The van der Waals surface area contributed by atoms with Gasteiger partial charge in [-0.25, -0.2) is 4.68 Å². The van der Waals surface area contributed by atoms with Gasteiger partial charge in [-0.2, -0.15) is 0 Å². The van der Waals surface area contributed by atoms with E-state index in [0.717, 1.165) is 0 Å². The highest BCUT2D eigenvalue weighted by Gasteiger charge is 2.15. The second kappa shape index (κ2) is 5.51. The molecule has 96 valence electrons. The minimum absolute atomic E-state index is 0.368. The fourth-order valence-corrected chi connectivity index (χ4v) is 1.92. The van der Waals surface area contributed by atoms with Crippen LogP contribution in [0.2, 0.25) is 10.0 Å². The second-order valence-corrected chi connectivity index (χ2v) is 4.37. The number of hydrogen-bond acceptors (Lipinski definition) is 5. The van der Waals surface area contributed by atoms with Crippen molar-refractivity contribution in [2.75, 3.05) is 19.5 Å². The van der Waals surface area contributed by atoms with Gasteiger partial charge in [-0.1, -0.05) is 23.2 Å². The van der Waals surface area contributed by atoms with Crippen LogP contribution in [0.15, 0.2) is 12.1 Å². The summed E-state index contributed by atoms with van der Waals surface area (Å²) in [6.45, 7) is 1.01. The van der Waals surface area contributed by atoms with E-state index in [1.165, 1.54) is 0 Å². The van der Waals surface area contributed by atoms with E-state index in [-0.39, 0.29) is 0 Å². The topological polar surface area (TPSA) is 78.8 Å². The van der Waals surface area contributed by atoms with Crippen molar-refractivity contribution in [1.29, 1.82) is 0 Å². The Balaban J connectivity index is 2.45. The third-order valence-electron chi connectivity index (χ3n) is 2.33. The predicted molar refractivity (Wildman–Crippen MR) is 69.6 cm³/mol. The summed E-state index contributed by atoms with van der Waals surface area (Å²) < 4.78 is 6.57. The highest BCUT2D eigenvalue weighted by molar-refractivity contribution is 6.43. The smallest absolute Gasteiger partial charge is 0.183 e. The van der Waals surface area contributed by atoms with Gasteiger partial charge in [0, 0.05) is 18.4 Å². The summed E-state index contributed by atoms with van der Waals surface area (Å²) in [6, 6.07) is 3.26. The van der Waals surface area contributed by atoms with Crippen molar-refractivity contribution in [3.63, 3.8) is 0 Å². The number of nitrogens with zero attached hydrogens (tertiary/aromatic N) is 4. The highest BCUT2D eigenvalue weighted by Crippen LogP contribution is 2.34. The van der Waals surface area contributed by atoms with E-state index in [4.69, 9.17) is 33.7 Å². The number of hydrogen-bond donors (Lipinski definition) is 1. The van der Waals surface area contributed by atoms with E-state index < -0.39 is 0 Å². The summed E-state index contributed by atoms with van der Waals surface area (Å²) in [5, 5.41) is 12.2. The molecule has 0 spiro atoms. The van der Waals surface area contributed by atoms with Crippen LogP contribution in [-0.4, -0.2) is 33.9 Å². The number of anilines is 1. The zero-order valence-electron chi connectivity index (χ0n) is 9.60. The Morgan fingerprint density at radius 3 is 2.89 bits per heavy atom. The summed E-state index contributed by atoms with van der Waals surface area (Å²) >= 11 is 12.1. The summed E-state index contributed by atoms with van der Waals surface area (Å²) in [5.74, 6) is 0.506. The molecular weight excluding hydrogens is 277 g/mol. The van der Waals surface area contributed by atoms with Crippen LogP contribution in [0, 0.1) is 0 Å². The Morgan fingerprint density at radius 1 is 1.39 bits per heavy atom. The lowest BCUT2D eigenvalue weighted by molar-refractivity contribution is 0.183. The fraction of sp³-hybridized carbons (Fsp3) is 0.300. The van der Waals surface area contributed by atoms with E-state index >= 15 is 0 Å². The Labute approximate surface area is 114 Å². The second-order valence-electron chi connectivity index (χ2n) is 3.58. The quantitative estimate of drug-likeness (QED) is 0.869. The molecule has 18 heavy (non-hydrogen) atoms. The first-order chi connectivity index (χ1) is 8.63. The van der Waals surface area contributed by atoms with Gasteiger partial charge >= 0.3 is 0 Å². The van der Waals surface area contributed by atoms with Crippen LogP contribution in [0.5, 0.6) is 0 Å². The molecule has 8 heteroatoms. The lowest BCUT2D eigenvalue weighted by Gasteiger charge is -2.08. The molecule has 0 aliphatic carbocycles. The molecule has 0 amide bonds. The molecule has 2 rings (SSSR count). The first-order valence-electron chi connectivity index (χ1n) is 5.13. The van der Waals surface area contributed by atoms with Gasteiger partial charge in [-0.3, -0.25) is 0 Å². The molecule has 0 saturated heterocycles. The van der Waals surface area contributed by atoms with E-state index in [0.29, 0.717) is 40.3 Å². The van der Waals surface area contributed by atoms with Crippen molar-refractivity contribution in [1.82, 2.24) is 20.2 Å². The summed E-state index contributed by atoms with van der Waals surface area (Å²) in [7, 11) is 1.61. The summed E-state index contributed by atoms with van der Waals surface area (Å²) in [5.41, 5.74) is 6.84. The fourth-order valence-electron chi connectivity index (χ4n) is 1.50. The van der Waals surface area contributed by atoms with Crippen LogP contribution in [0.25, 0.3) is 11.4 Å². The number of nitrogens with two attached hydrogens (primary N) is 1. The molecule has 1 aromatic heterocycles. The largest absolute Gasteiger partial charge is 0.399 e. The Morgan fingerprint density at radius 2 is 2.17 bits per heavy atom. The average Bonchev–Trinajstić information content (AvgIpc) is 2.79. The number of tetrazole rings is 1. The molecule has 0 atom stereocenters. The minimum atomic E-state index is 0.368. The number of halogens is 2. The molecule has 0 unspecified atom stereocenters. The average molecular weight is 288 g/mol. The van der Waals surface area contributed by atoms with E-state index in [2.05, 4.69) is 15.5 Å². The lowest BCUT2D eigenvalue weighted by Crippen LogP contribution is -2.08. The molecule has 1 heterocycles. The van der Waals surface area contributed by atoms with Crippen LogP contribution >= 0.6 is 23.2 Å². The van der Waals surface area contributed by atoms with Gasteiger partial charge in [0.05, 0.1) is 23.2 Å². The Kier molecular flexibility index (Phi) is 4.00. The molecule has 0 bridgehead atoms. The van der Waals surface area contributed by atoms with Crippen molar-refractivity contribution in [3.05, 3.63) is 22.2 Å². The van der Waals surface area contributed by atoms with Crippen LogP contribution < -0.4 is 5.73 Å². The number of ether oxygens (including phenoxy) is 1. The maximum Gasteiger partial charge on any atom is 0.183 e. The lowest BCUT2D eigenvalue weighted by atomic mass is 10.2. The third kappa shape index (κ3) is 2.55. The molecule has 0 radical (unpaired) electrons. The van der Waals surface area contributed by atoms with E-state index in [1.807, 2.05) is 0 Å². The van der Waals surface area contributed by atoms with Gasteiger partial charge in [0.15, 0.2) is 5.82 Å². The van der Waals surface area contributed by atoms with Gasteiger partial charge in [0.25, 0.3) is 0 Å². The maximum absolute atomic E-state index is 6.14. The number of rotatable bonds is 4. The minimum Gasteiger partial charge on any atom is -0.399 e. The predicted octanol–water partition coefficient (Wildman–Crippen LogP) is 1.88. The van der Waals surface area contributed by atoms with Gasteiger partial charge in [0.2, 0.25) is 0 Å². The molecule has 0 aliphatic heterocycles. The first-order valence-corrected chi connectivity index (χ1v) is 5.89. The van der Waals surface area contributed by atoms with E-state index in [9.17, 15) is 0 Å². The van der Waals surface area contributed by atoms with Crippen LogP contribution in [-0.2, 0) is 11.3 Å². The van der Waals surface area contributed by atoms with Crippen molar-refractivity contribution in [3.8, 4) is 11.4 Å². The van der Waals surface area contributed by atoms with Crippen molar-refractivity contribution in [2.45, 2.75) is 6.54 Å². The van der Waals surface area contributed by atoms with Gasteiger partial charge in [-0.05, 0) is 22.6 Å². The third-order valence-corrected chi connectivity index (χ3v) is 3.13. The molecule has 6 nitrogen and oxygen atoms in total. The number of benzene rings is 1. The zero-order chi connectivity index (χ0) is 13.1. The Bertz CT molecular complexity index is 557. The maximum atomic E-state index is 6.14. The molecular formula is C10H11Cl2N5O. The molecule has 1 aromatic carbocycles. The number of methoxy groups -OCH3 is 1.